The lowest BCUT2D eigenvalue weighted by atomic mass is 10.2. The molecular formula is C12H17NO2S. The first-order valence-electron chi connectivity index (χ1n) is 5.38. The molecule has 0 aromatic carbocycles. The summed E-state index contributed by atoms with van der Waals surface area (Å²) in [5.74, 6) is -0.276. The molecule has 4 heteroatoms. The van der Waals surface area contributed by atoms with E-state index in [1.165, 1.54) is 11.6 Å². The summed E-state index contributed by atoms with van der Waals surface area (Å²) < 4.78 is 4.76. The lowest BCUT2D eigenvalue weighted by Crippen LogP contribution is -2.17. The SMILES string of the molecule is CCOC(=O)/C=C/CNCCc1ccsc1. The van der Waals surface area contributed by atoms with Crippen molar-refractivity contribution in [2.24, 2.45) is 0 Å². The zero-order valence-electron chi connectivity index (χ0n) is 9.44. The second-order valence-corrected chi connectivity index (χ2v) is 4.02. The Morgan fingerprint density at radius 3 is 3.19 bits per heavy atom. The van der Waals surface area contributed by atoms with Crippen LogP contribution in [0.1, 0.15) is 12.5 Å². The number of ether oxygens (including phenoxy) is 1. The van der Waals surface area contributed by atoms with Crippen LogP contribution in [-0.4, -0.2) is 25.7 Å². The molecule has 3 nitrogen and oxygen atoms in total. The fourth-order valence-corrected chi connectivity index (χ4v) is 1.90. The fraction of sp³-hybridized carbons (Fsp3) is 0.417. The minimum absolute atomic E-state index is 0.276. The lowest BCUT2D eigenvalue weighted by Gasteiger charge is -1.99. The van der Waals surface area contributed by atoms with Crippen molar-refractivity contribution in [2.45, 2.75) is 13.3 Å². The van der Waals surface area contributed by atoms with Crippen LogP contribution in [0, 0.1) is 0 Å². The highest BCUT2D eigenvalue weighted by Crippen LogP contribution is 2.05. The Labute approximate surface area is 100 Å². The zero-order chi connectivity index (χ0) is 11.6. The number of carbonyl (C=O) groups is 1. The Morgan fingerprint density at radius 1 is 1.62 bits per heavy atom. The molecule has 0 atom stereocenters. The molecule has 0 aliphatic carbocycles. The van der Waals surface area contributed by atoms with Gasteiger partial charge < -0.3 is 10.1 Å². The van der Waals surface area contributed by atoms with E-state index < -0.39 is 0 Å². The number of carbonyl (C=O) groups excluding carboxylic acids is 1. The van der Waals surface area contributed by atoms with Crippen LogP contribution < -0.4 is 5.32 Å². The Morgan fingerprint density at radius 2 is 2.50 bits per heavy atom. The number of esters is 1. The Bertz CT molecular complexity index is 320. The van der Waals surface area contributed by atoms with Gasteiger partial charge in [0.1, 0.15) is 0 Å². The van der Waals surface area contributed by atoms with Crippen LogP contribution in [0.4, 0.5) is 0 Å². The predicted molar refractivity (Wildman–Crippen MR) is 66.7 cm³/mol. The first-order chi connectivity index (χ1) is 7.83. The van der Waals surface area contributed by atoms with Gasteiger partial charge in [0, 0.05) is 12.6 Å². The van der Waals surface area contributed by atoms with Crippen molar-refractivity contribution in [3.05, 3.63) is 34.5 Å². The summed E-state index contributed by atoms with van der Waals surface area (Å²) in [6.45, 7) is 3.84. The Balaban J connectivity index is 2.01. The molecule has 1 rings (SSSR count). The van der Waals surface area contributed by atoms with Gasteiger partial charge in [-0.2, -0.15) is 11.3 Å². The van der Waals surface area contributed by atoms with Crippen molar-refractivity contribution in [1.29, 1.82) is 0 Å². The third-order valence-corrected chi connectivity index (χ3v) is 2.71. The smallest absolute Gasteiger partial charge is 0.330 e. The second-order valence-electron chi connectivity index (χ2n) is 3.24. The van der Waals surface area contributed by atoms with E-state index in [2.05, 4.69) is 22.1 Å². The molecule has 0 spiro atoms. The largest absolute Gasteiger partial charge is 0.463 e. The monoisotopic (exact) mass is 239 g/mol. The summed E-state index contributed by atoms with van der Waals surface area (Å²) in [6.07, 6.45) is 4.27. The molecule has 0 saturated carbocycles. The molecule has 0 bridgehead atoms. The van der Waals surface area contributed by atoms with Gasteiger partial charge in [-0.3, -0.25) is 0 Å². The topological polar surface area (TPSA) is 38.3 Å². The van der Waals surface area contributed by atoms with Gasteiger partial charge in [0.05, 0.1) is 6.61 Å². The van der Waals surface area contributed by atoms with Crippen LogP contribution in [0.3, 0.4) is 0 Å². The molecule has 1 N–H and O–H groups in total. The molecule has 1 aromatic heterocycles. The van der Waals surface area contributed by atoms with Gasteiger partial charge in [0.15, 0.2) is 0 Å². The molecule has 0 unspecified atom stereocenters. The minimum atomic E-state index is -0.276. The van der Waals surface area contributed by atoms with E-state index >= 15 is 0 Å². The molecular weight excluding hydrogens is 222 g/mol. The first-order valence-corrected chi connectivity index (χ1v) is 6.32. The third kappa shape index (κ3) is 5.68. The van der Waals surface area contributed by atoms with Crippen LogP contribution in [0.15, 0.2) is 29.0 Å². The Kier molecular flexibility index (Phi) is 6.53. The summed E-state index contributed by atoms with van der Waals surface area (Å²) in [6, 6.07) is 2.13. The van der Waals surface area contributed by atoms with Crippen molar-refractivity contribution in [3.63, 3.8) is 0 Å². The summed E-state index contributed by atoms with van der Waals surface area (Å²) >= 11 is 1.71. The zero-order valence-corrected chi connectivity index (χ0v) is 10.3. The van der Waals surface area contributed by atoms with E-state index in [4.69, 9.17) is 4.74 Å². The first kappa shape index (κ1) is 12.9. The van der Waals surface area contributed by atoms with Gasteiger partial charge in [-0.1, -0.05) is 6.08 Å². The van der Waals surface area contributed by atoms with Crippen LogP contribution >= 0.6 is 11.3 Å². The number of thiophene rings is 1. The standard InChI is InChI=1S/C12H17NO2S/c1-2-15-12(14)4-3-7-13-8-5-11-6-9-16-10-11/h3-4,6,9-10,13H,2,5,7-8H2,1H3/b4-3+. The molecule has 16 heavy (non-hydrogen) atoms. The average molecular weight is 239 g/mol. The van der Waals surface area contributed by atoms with Crippen molar-refractivity contribution in [3.8, 4) is 0 Å². The number of rotatable bonds is 7. The van der Waals surface area contributed by atoms with Gasteiger partial charge in [-0.15, -0.1) is 0 Å². The van der Waals surface area contributed by atoms with Crippen molar-refractivity contribution in [1.82, 2.24) is 5.32 Å². The van der Waals surface area contributed by atoms with Crippen molar-refractivity contribution < 1.29 is 9.53 Å². The molecule has 1 heterocycles. The van der Waals surface area contributed by atoms with Gasteiger partial charge in [0.2, 0.25) is 0 Å². The van der Waals surface area contributed by atoms with Gasteiger partial charge >= 0.3 is 5.97 Å². The maximum Gasteiger partial charge on any atom is 0.330 e. The third-order valence-electron chi connectivity index (χ3n) is 1.97. The number of hydrogen-bond acceptors (Lipinski definition) is 4. The minimum Gasteiger partial charge on any atom is -0.463 e. The van der Waals surface area contributed by atoms with E-state index in [0.29, 0.717) is 13.2 Å². The Hall–Kier alpha value is -1.13. The summed E-state index contributed by atoms with van der Waals surface area (Å²) in [7, 11) is 0. The quantitative estimate of drug-likeness (QED) is 0.449. The van der Waals surface area contributed by atoms with Crippen LogP contribution in [0.5, 0.6) is 0 Å². The number of hydrogen-bond donors (Lipinski definition) is 1. The fourth-order valence-electron chi connectivity index (χ4n) is 1.20. The number of nitrogens with one attached hydrogen (secondary N) is 1. The van der Waals surface area contributed by atoms with Crippen LogP contribution in [0.25, 0.3) is 0 Å². The molecule has 0 fully saturated rings. The van der Waals surface area contributed by atoms with Crippen molar-refractivity contribution in [2.75, 3.05) is 19.7 Å². The average Bonchev–Trinajstić information content (AvgIpc) is 2.76. The molecule has 0 amide bonds. The molecule has 0 radical (unpaired) electrons. The highest BCUT2D eigenvalue weighted by atomic mass is 32.1. The van der Waals surface area contributed by atoms with Crippen LogP contribution in [0.2, 0.25) is 0 Å². The molecule has 88 valence electrons. The summed E-state index contributed by atoms with van der Waals surface area (Å²) in [5.41, 5.74) is 1.35. The maximum atomic E-state index is 10.9. The lowest BCUT2D eigenvalue weighted by molar-refractivity contribution is -0.137. The molecule has 0 aliphatic rings. The normalized spacial score (nSPS) is 10.8. The van der Waals surface area contributed by atoms with Crippen molar-refractivity contribution >= 4 is 17.3 Å². The summed E-state index contributed by atoms with van der Waals surface area (Å²) in [4.78, 5) is 10.9. The van der Waals surface area contributed by atoms with Gasteiger partial charge in [0.25, 0.3) is 0 Å². The predicted octanol–water partition coefficient (Wildman–Crippen LogP) is 2.00. The molecule has 1 aromatic rings. The highest BCUT2D eigenvalue weighted by Gasteiger charge is 1.93. The van der Waals surface area contributed by atoms with E-state index in [9.17, 15) is 4.79 Å². The highest BCUT2D eigenvalue weighted by molar-refractivity contribution is 7.07. The van der Waals surface area contributed by atoms with E-state index in [-0.39, 0.29) is 5.97 Å². The second kappa shape index (κ2) is 8.07. The van der Waals surface area contributed by atoms with E-state index in [1.807, 2.05) is 0 Å². The van der Waals surface area contributed by atoms with Crippen LogP contribution in [-0.2, 0) is 16.0 Å². The van der Waals surface area contributed by atoms with E-state index in [0.717, 1.165) is 13.0 Å². The van der Waals surface area contributed by atoms with Gasteiger partial charge in [-0.05, 0) is 42.3 Å². The summed E-state index contributed by atoms with van der Waals surface area (Å²) in [5, 5.41) is 7.46. The van der Waals surface area contributed by atoms with Gasteiger partial charge in [-0.25, -0.2) is 4.79 Å². The van der Waals surface area contributed by atoms with E-state index in [1.54, 1.807) is 24.3 Å². The maximum absolute atomic E-state index is 10.9. The molecule has 0 saturated heterocycles. The molecule has 0 aliphatic heterocycles.